The Kier molecular flexibility index (Phi) is 6.63. The molecule has 1 N–H and O–H groups in total. The number of hydrogen-bond acceptors (Lipinski definition) is 3. The lowest BCUT2D eigenvalue weighted by molar-refractivity contribution is 0.0952. The number of nitrogens with one attached hydrogen (secondary N) is 1. The first-order valence-corrected chi connectivity index (χ1v) is 11.3. The second kappa shape index (κ2) is 9.75. The van der Waals surface area contributed by atoms with Crippen molar-refractivity contribution in [2.24, 2.45) is 0 Å². The summed E-state index contributed by atoms with van der Waals surface area (Å²) in [6.07, 6.45) is 2.20. The number of thioether (sulfide) groups is 1. The Morgan fingerprint density at radius 1 is 1.00 bits per heavy atom. The largest absolute Gasteiger partial charge is 0.497 e. The van der Waals surface area contributed by atoms with E-state index in [2.05, 4.69) is 71.5 Å². The summed E-state index contributed by atoms with van der Waals surface area (Å²) in [7, 11) is 1.61. The number of fused-ring (bicyclic) bond motifs is 1. The zero-order valence-corrected chi connectivity index (χ0v) is 18.6. The Morgan fingerprint density at radius 3 is 2.45 bits per heavy atom. The molecule has 1 heterocycles. The van der Waals surface area contributed by atoms with Crippen LogP contribution in [0.25, 0.3) is 10.9 Å². The molecule has 1 atom stereocenters. The maximum atomic E-state index is 12.4. The molecular formula is C26H26N2O2S. The van der Waals surface area contributed by atoms with Crippen LogP contribution in [0, 0.1) is 0 Å². The highest BCUT2D eigenvalue weighted by Gasteiger charge is 2.13. The van der Waals surface area contributed by atoms with Crippen LogP contribution in [-0.4, -0.2) is 24.1 Å². The number of aromatic nitrogens is 1. The van der Waals surface area contributed by atoms with Crippen LogP contribution < -0.4 is 10.1 Å². The summed E-state index contributed by atoms with van der Waals surface area (Å²) in [6.45, 7) is 3.51. The molecule has 1 aromatic heterocycles. The second-order valence-electron chi connectivity index (χ2n) is 7.36. The molecule has 3 aromatic carbocycles. The summed E-state index contributed by atoms with van der Waals surface area (Å²) in [6, 6.07) is 26.2. The van der Waals surface area contributed by atoms with Gasteiger partial charge in [0.15, 0.2) is 0 Å². The molecule has 0 bridgehead atoms. The van der Waals surface area contributed by atoms with E-state index in [4.69, 9.17) is 4.74 Å². The van der Waals surface area contributed by atoms with Crippen LogP contribution in [0.2, 0.25) is 0 Å². The number of ether oxygens (including phenoxy) is 1. The summed E-state index contributed by atoms with van der Waals surface area (Å²) in [5.74, 6) is 0.663. The number of para-hydroxylation sites is 1. The van der Waals surface area contributed by atoms with Gasteiger partial charge in [-0.05, 0) is 42.8 Å². The number of rotatable bonds is 8. The predicted molar refractivity (Wildman–Crippen MR) is 128 cm³/mol. The van der Waals surface area contributed by atoms with Crippen molar-refractivity contribution in [3.8, 4) is 5.75 Å². The lowest BCUT2D eigenvalue weighted by Gasteiger charge is -2.10. The molecule has 0 aliphatic rings. The summed E-state index contributed by atoms with van der Waals surface area (Å²) in [4.78, 5) is 13.7. The summed E-state index contributed by atoms with van der Waals surface area (Å²) in [5, 5.41) is 4.62. The zero-order valence-electron chi connectivity index (χ0n) is 17.7. The van der Waals surface area contributed by atoms with E-state index < -0.39 is 0 Å². The molecule has 0 aliphatic heterocycles. The molecule has 1 amide bonds. The third kappa shape index (κ3) is 4.94. The molecule has 4 rings (SSSR count). The molecule has 0 fully saturated rings. The van der Waals surface area contributed by atoms with Crippen molar-refractivity contribution in [2.45, 2.75) is 23.6 Å². The second-order valence-corrected chi connectivity index (χ2v) is 8.74. The number of benzene rings is 3. The maximum Gasteiger partial charge on any atom is 0.251 e. The van der Waals surface area contributed by atoms with Gasteiger partial charge >= 0.3 is 0 Å². The molecule has 0 radical (unpaired) electrons. The van der Waals surface area contributed by atoms with Crippen molar-refractivity contribution in [1.29, 1.82) is 0 Å². The third-order valence-electron chi connectivity index (χ3n) is 5.32. The Bertz CT molecular complexity index is 1150. The molecular weight excluding hydrogens is 404 g/mol. The lowest BCUT2D eigenvalue weighted by Crippen LogP contribution is -2.27. The smallest absolute Gasteiger partial charge is 0.251 e. The van der Waals surface area contributed by atoms with Crippen molar-refractivity contribution in [2.75, 3.05) is 13.7 Å². The van der Waals surface area contributed by atoms with E-state index >= 15 is 0 Å². The lowest BCUT2D eigenvalue weighted by atomic mass is 10.2. The first-order valence-electron chi connectivity index (χ1n) is 10.4. The molecule has 0 unspecified atom stereocenters. The highest BCUT2D eigenvalue weighted by atomic mass is 32.2. The molecule has 4 aromatic rings. The first-order chi connectivity index (χ1) is 15.2. The highest BCUT2D eigenvalue weighted by Crippen LogP contribution is 2.39. The van der Waals surface area contributed by atoms with Crippen molar-refractivity contribution < 1.29 is 9.53 Å². The zero-order chi connectivity index (χ0) is 21.6. The number of carbonyl (C=O) groups is 1. The Balaban J connectivity index is 1.45. The van der Waals surface area contributed by atoms with Gasteiger partial charge in [0.05, 0.1) is 7.11 Å². The van der Waals surface area contributed by atoms with E-state index in [0.29, 0.717) is 23.9 Å². The Morgan fingerprint density at radius 2 is 1.71 bits per heavy atom. The van der Waals surface area contributed by atoms with Crippen molar-refractivity contribution in [3.63, 3.8) is 0 Å². The molecule has 0 saturated carbocycles. The molecule has 0 aliphatic carbocycles. The van der Waals surface area contributed by atoms with Crippen molar-refractivity contribution >= 4 is 28.6 Å². The fourth-order valence-corrected chi connectivity index (χ4v) is 4.77. The minimum atomic E-state index is -0.0774. The maximum absolute atomic E-state index is 12.4. The van der Waals surface area contributed by atoms with Crippen LogP contribution >= 0.6 is 11.8 Å². The van der Waals surface area contributed by atoms with Crippen LogP contribution in [-0.2, 0) is 6.54 Å². The minimum Gasteiger partial charge on any atom is -0.497 e. The Labute approximate surface area is 187 Å². The minimum absolute atomic E-state index is 0.0774. The number of carbonyl (C=O) groups excluding carboxylic acids is 1. The quantitative estimate of drug-likeness (QED) is 0.352. The van der Waals surface area contributed by atoms with Crippen LogP contribution in [0.1, 0.15) is 28.1 Å². The average molecular weight is 431 g/mol. The van der Waals surface area contributed by atoms with Gasteiger partial charge in [0.25, 0.3) is 5.91 Å². The van der Waals surface area contributed by atoms with Gasteiger partial charge in [-0.15, -0.1) is 11.8 Å². The number of methoxy groups -OCH3 is 1. The molecule has 31 heavy (non-hydrogen) atoms. The van der Waals surface area contributed by atoms with Crippen LogP contribution in [0.3, 0.4) is 0 Å². The molecule has 4 nitrogen and oxygen atoms in total. The van der Waals surface area contributed by atoms with Crippen LogP contribution in [0.5, 0.6) is 5.75 Å². The third-order valence-corrected chi connectivity index (χ3v) is 6.52. The summed E-state index contributed by atoms with van der Waals surface area (Å²) in [5.41, 5.74) is 3.13. The Hall–Kier alpha value is -3.18. The normalized spacial score (nSPS) is 11.9. The van der Waals surface area contributed by atoms with Crippen LogP contribution in [0.4, 0.5) is 0 Å². The topological polar surface area (TPSA) is 43.3 Å². The summed E-state index contributed by atoms with van der Waals surface area (Å²) < 4.78 is 7.38. The van der Waals surface area contributed by atoms with Gasteiger partial charge in [-0.25, -0.2) is 0 Å². The predicted octanol–water partition coefficient (Wildman–Crippen LogP) is 5.93. The molecule has 0 spiro atoms. The van der Waals surface area contributed by atoms with E-state index in [1.807, 2.05) is 17.8 Å². The van der Waals surface area contributed by atoms with Gasteiger partial charge in [0, 0.05) is 45.9 Å². The van der Waals surface area contributed by atoms with Gasteiger partial charge in [-0.2, -0.15) is 0 Å². The summed E-state index contributed by atoms with van der Waals surface area (Å²) >= 11 is 1.87. The molecule has 158 valence electrons. The van der Waals surface area contributed by atoms with E-state index in [1.54, 1.807) is 31.4 Å². The van der Waals surface area contributed by atoms with Gasteiger partial charge in [0.1, 0.15) is 5.75 Å². The van der Waals surface area contributed by atoms with Gasteiger partial charge in [0.2, 0.25) is 0 Å². The number of amides is 1. The SMILES string of the molecule is COc1ccc(C(=O)NCCn2cc(S[C@H](C)c3ccccc3)c3ccccc32)cc1. The molecule has 0 saturated heterocycles. The molecule has 5 heteroatoms. The van der Waals surface area contributed by atoms with E-state index in [-0.39, 0.29) is 5.91 Å². The number of hydrogen-bond donors (Lipinski definition) is 1. The fraction of sp³-hybridized carbons (Fsp3) is 0.192. The van der Waals surface area contributed by atoms with E-state index in [9.17, 15) is 4.79 Å². The monoisotopic (exact) mass is 430 g/mol. The standard InChI is InChI=1S/C26H26N2O2S/c1-19(20-8-4-3-5-9-20)31-25-18-28(24-11-7-6-10-23(24)25)17-16-27-26(29)21-12-14-22(30-2)15-13-21/h3-15,18-19H,16-17H2,1-2H3,(H,27,29)/t19-/m1/s1. The highest BCUT2D eigenvalue weighted by molar-refractivity contribution is 7.99. The average Bonchev–Trinajstić information content (AvgIpc) is 3.17. The van der Waals surface area contributed by atoms with E-state index in [1.165, 1.54) is 21.4 Å². The fourth-order valence-electron chi connectivity index (χ4n) is 3.61. The van der Waals surface area contributed by atoms with Crippen LogP contribution in [0.15, 0.2) is 90.0 Å². The van der Waals surface area contributed by atoms with Gasteiger partial charge < -0.3 is 14.6 Å². The first kappa shape index (κ1) is 21.1. The van der Waals surface area contributed by atoms with Crippen molar-refractivity contribution in [1.82, 2.24) is 9.88 Å². The van der Waals surface area contributed by atoms with E-state index in [0.717, 1.165) is 5.75 Å². The number of nitrogens with zero attached hydrogens (tertiary/aromatic N) is 1. The van der Waals surface area contributed by atoms with Gasteiger partial charge in [-0.1, -0.05) is 48.5 Å². The van der Waals surface area contributed by atoms with Crippen molar-refractivity contribution in [3.05, 3.63) is 96.2 Å². The van der Waals surface area contributed by atoms with Gasteiger partial charge in [-0.3, -0.25) is 4.79 Å².